The number of carbonyl (C=O) groups is 4. The van der Waals surface area contributed by atoms with Gasteiger partial charge in [-0.05, 0) is 63.6 Å². The first kappa shape index (κ1) is 35.6. The van der Waals surface area contributed by atoms with Crippen molar-refractivity contribution in [3.8, 4) is 0 Å². The first-order valence-electron chi connectivity index (χ1n) is 15.5. The fourth-order valence-electron chi connectivity index (χ4n) is 5.06. The lowest BCUT2D eigenvalue weighted by atomic mass is 9.91. The van der Waals surface area contributed by atoms with Gasteiger partial charge in [-0.3, -0.25) is 29.2 Å². The van der Waals surface area contributed by atoms with E-state index >= 15 is 0 Å². The van der Waals surface area contributed by atoms with Crippen LogP contribution in [0.4, 0.5) is 0 Å². The van der Waals surface area contributed by atoms with Crippen LogP contribution >= 0.6 is 21.6 Å². The zero-order chi connectivity index (χ0) is 31.9. The summed E-state index contributed by atoms with van der Waals surface area (Å²) in [6, 6.07) is 5.51. The number of unbranched alkanes of at least 4 members (excludes halogenated alkanes) is 2. The van der Waals surface area contributed by atoms with Gasteiger partial charge in [-0.15, -0.1) is 0 Å². The van der Waals surface area contributed by atoms with Crippen molar-refractivity contribution >= 4 is 45.8 Å². The van der Waals surface area contributed by atoms with Crippen molar-refractivity contribution in [2.75, 3.05) is 33.1 Å². The molecule has 0 unspecified atom stereocenters. The Hall–Kier alpha value is -2.86. The molecule has 1 aromatic rings. The van der Waals surface area contributed by atoms with Crippen LogP contribution in [0.5, 0.6) is 0 Å². The van der Waals surface area contributed by atoms with Crippen molar-refractivity contribution < 1.29 is 28.7 Å². The van der Waals surface area contributed by atoms with Crippen LogP contribution in [0.25, 0.3) is 0 Å². The van der Waals surface area contributed by atoms with E-state index in [2.05, 4.69) is 16.9 Å². The third-order valence-corrected chi connectivity index (χ3v) is 10.7. The fraction of sp³-hybridized carbons (Fsp3) is 0.625. The molecule has 12 heteroatoms. The minimum Gasteiger partial charge on any atom is -0.465 e. The molecule has 1 heterocycles. The van der Waals surface area contributed by atoms with Gasteiger partial charge < -0.3 is 19.3 Å². The molecule has 1 fully saturated rings. The van der Waals surface area contributed by atoms with Gasteiger partial charge in [0.15, 0.2) is 0 Å². The highest BCUT2D eigenvalue weighted by molar-refractivity contribution is 8.78. The fourth-order valence-corrected chi connectivity index (χ4v) is 7.68. The Morgan fingerprint density at radius 1 is 0.977 bits per heavy atom. The molecule has 0 atom stereocenters. The Balaban J connectivity index is 1.32. The normalized spacial score (nSPS) is 17.8. The number of hydrogen-bond acceptors (Lipinski definition) is 10. The van der Waals surface area contributed by atoms with Crippen molar-refractivity contribution in [2.24, 2.45) is 9.98 Å². The minimum absolute atomic E-state index is 0.0436. The zero-order valence-corrected chi connectivity index (χ0v) is 28.1. The standard InChI is InChI=1S/C32H46N4O6S2/c1-5-6-7-19-43-44-29(23(2)35(3)22-37)17-18-41-30(38)9-8-10-31(39)42-26-14-12-25(13-15-26)36(4)32(40)24-11-16-27-28(20-24)34-21-33-27/h11,16,20,22,25-26H,5-10,12-15,17-19,21H2,1-4H3/b29-23-. The number of allylic oxidation sites excluding steroid dienone is 1. The van der Waals surface area contributed by atoms with Crippen LogP contribution < -0.4 is 10.7 Å². The summed E-state index contributed by atoms with van der Waals surface area (Å²) in [5, 5.41) is 1.58. The highest BCUT2D eigenvalue weighted by Crippen LogP contribution is 2.35. The van der Waals surface area contributed by atoms with E-state index in [9.17, 15) is 19.2 Å². The monoisotopic (exact) mass is 646 g/mol. The molecule has 0 aromatic heterocycles. The molecule has 2 aliphatic rings. The molecule has 10 nitrogen and oxygen atoms in total. The summed E-state index contributed by atoms with van der Waals surface area (Å²) in [5.74, 6) is 0.321. The van der Waals surface area contributed by atoms with Crippen LogP contribution in [-0.2, 0) is 23.9 Å². The molecule has 0 spiro atoms. The minimum atomic E-state index is -0.348. The van der Waals surface area contributed by atoms with Gasteiger partial charge >= 0.3 is 11.9 Å². The zero-order valence-electron chi connectivity index (χ0n) is 26.4. The molecule has 44 heavy (non-hydrogen) atoms. The lowest BCUT2D eigenvalue weighted by molar-refractivity contribution is -0.151. The summed E-state index contributed by atoms with van der Waals surface area (Å²) in [7, 11) is 6.92. The van der Waals surface area contributed by atoms with Gasteiger partial charge in [0.25, 0.3) is 5.91 Å². The average molecular weight is 647 g/mol. The van der Waals surface area contributed by atoms with Gasteiger partial charge in [-0.25, -0.2) is 0 Å². The molecular formula is C32H46N4O6S2. The summed E-state index contributed by atoms with van der Waals surface area (Å²) in [6.45, 7) is 4.70. The number of amides is 2. The van der Waals surface area contributed by atoms with E-state index in [0.29, 0.717) is 37.9 Å². The second-order valence-corrected chi connectivity index (χ2v) is 13.7. The lowest BCUT2D eigenvalue weighted by Gasteiger charge is -2.34. The molecule has 0 bridgehead atoms. The third-order valence-electron chi connectivity index (χ3n) is 7.95. The number of hydrogen-bond donors (Lipinski definition) is 0. The number of fused-ring (bicyclic) bond motifs is 1. The molecular weight excluding hydrogens is 601 g/mol. The van der Waals surface area contributed by atoms with Crippen LogP contribution in [0.3, 0.4) is 0 Å². The van der Waals surface area contributed by atoms with Gasteiger partial charge in [0.2, 0.25) is 6.41 Å². The summed E-state index contributed by atoms with van der Waals surface area (Å²) < 4.78 is 11.1. The van der Waals surface area contributed by atoms with Crippen LogP contribution in [0, 0.1) is 0 Å². The Morgan fingerprint density at radius 2 is 1.70 bits per heavy atom. The largest absolute Gasteiger partial charge is 0.465 e. The van der Waals surface area contributed by atoms with Crippen LogP contribution in [0.1, 0.15) is 94.8 Å². The van der Waals surface area contributed by atoms with Gasteiger partial charge in [-0.2, -0.15) is 0 Å². The highest BCUT2D eigenvalue weighted by Gasteiger charge is 2.29. The molecule has 3 rings (SSSR count). The van der Waals surface area contributed by atoms with Crippen LogP contribution in [0.2, 0.25) is 0 Å². The van der Waals surface area contributed by atoms with E-state index in [1.165, 1.54) is 17.7 Å². The van der Waals surface area contributed by atoms with Gasteiger partial charge in [0.1, 0.15) is 12.8 Å². The van der Waals surface area contributed by atoms with Crippen molar-refractivity contribution in [3.05, 3.63) is 45.1 Å². The second kappa shape index (κ2) is 18.8. The highest BCUT2D eigenvalue weighted by atomic mass is 33.1. The Morgan fingerprint density at radius 3 is 2.43 bits per heavy atom. The Labute approximate surface area is 268 Å². The maximum atomic E-state index is 13.0. The molecule has 1 saturated carbocycles. The summed E-state index contributed by atoms with van der Waals surface area (Å²) in [6.07, 6.45) is 8.20. The molecule has 0 radical (unpaired) electrons. The molecule has 1 aromatic carbocycles. The molecule has 242 valence electrons. The Kier molecular flexibility index (Phi) is 15.2. The SMILES string of the molecule is CCCCCSS/C(CCOC(=O)CCCC(=O)OC1CCC(N(C)C(=O)c2ccc3c(c2)=NCN=3)CC1)=C(/C)N(C)C=O. The van der Waals surface area contributed by atoms with Gasteiger partial charge in [0.05, 0.1) is 17.3 Å². The van der Waals surface area contributed by atoms with Crippen LogP contribution in [-0.4, -0.2) is 79.3 Å². The van der Waals surface area contributed by atoms with Crippen LogP contribution in [0.15, 0.2) is 38.8 Å². The third kappa shape index (κ3) is 11.3. The van der Waals surface area contributed by atoms with E-state index in [0.717, 1.165) is 52.7 Å². The average Bonchev–Trinajstić information content (AvgIpc) is 3.51. The first-order chi connectivity index (χ1) is 21.2. The smallest absolute Gasteiger partial charge is 0.306 e. The van der Waals surface area contributed by atoms with E-state index in [1.54, 1.807) is 45.7 Å². The summed E-state index contributed by atoms with van der Waals surface area (Å²) in [5.41, 5.74) is 1.46. The number of carbonyl (C=O) groups excluding carboxylic acids is 4. The summed E-state index contributed by atoms with van der Waals surface area (Å²) in [4.78, 5) is 61.9. The van der Waals surface area contributed by atoms with E-state index in [1.807, 2.05) is 20.0 Å². The van der Waals surface area contributed by atoms with E-state index in [-0.39, 0.29) is 49.4 Å². The van der Waals surface area contributed by atoms with Crippen molar-refractivity contribution in [1.82, 2.24) is 9.80 Å². The number of benzene rings is 1. The molecule has 1 aliphatic carbocycles. The second-order valence-electron chi connectivity index (χ2n) is 11.2. The Bertz CT molecular complexity index is 1300. The summed E-state index contributed by atoms with van der Waals surface area (Å²) >= 11 is 0. The molecule has 0 saturated heterocycles. The molecule has 0 N–H and O–H groups in total. The predicted octanol–water partition coefficient (Wildman–Crippen LogP) is 4.82. The van der Waals surface area contributed by atoms with Gasteiger partial charge in [-0.1, -0.05) is 41.4 Å². The van der Waals surface area contributed by atoms with E-state index < -0.39 is 0 Å². The van der Waals surface area contributed by atoms with Crippen molar-refractivity contribution in [2.45, 2.75) is 96.6 Å². The van der Waals surface area contributed by atoms with Crippen molar-refractivity contribution in [3.63, 3.8) is 0 Å². The number of rotatable bonds is 18. The topological polar surface area (TPSA) is 118 Å². The lowest BCUT2D eigenvalue weighted by Crippen LogP contribution is -2.41. The quantitative estimate of drug-likeness (QED) is 0.0965. The predicted molar refractivity (Wildman–Crippen MR) is 173 cm³/mol. The molecule has 2 amide bonds. The maximum absolute atomic E-state index is 13.0. The maximum Gasteiger partial charge on any atom is 0.306 e. The number of esters is 2. The van der Waals surface area contributed by atoms with Gasteiger partial charge in [0, 0.05) is 61.3 Å². The number of nitrogens with zero attached hydrogens (tertiary/aromatic N) is 4. The molecule has 1 aliphatic heterocycles. The first-order valence-corrected chi connectivity index (χ1v) is 17.8. The van der Waals surface area contributed by atoms with E-state index in [4.69, 9.17) is 9.47 Å². The van der Waals surface area contributed by atoms with Crippen molar-refractivity contribution in [1.29, 1.82) is 0 Å². The number of ether oxygens (including phenoxy) is 2.